The Morgan fingerprint density at radius 1 is 1.20 bits per heavy atom. The molecule has 0 amide bonds. The van der Waals surface area contributed by atoms with Crippen molar-refractivity contribution < 1.29 is 4.74 Å². The summed E-state index contributed by atoms with van der Waals surface area (Å²) in [4.78, 5) is 4.43. The Balaban J connectivity index is 1.76. The number of ether oxygens (including phenoxy) is 1. The minimum atomic E-state index is 0.506. The average molecular weight is 267 g/mol. The van der Waals surface area contributed by atoms with Crippen LogP contribution in [0, 0.1) is 0 Å². The Kier molecular flexibility index (Phi) is 3.63. The van der Waals surface area contributed by atoms with Gasteiger partial charge in [0.15, 0.2) is 5.75 Å². The molecule has 0 saturated carbocycles. The van der Waals surface area contributed by atoms with Gasteiger partial charge in [-0.25, -0.2) is 0 Å². The molecule has 0 N–H and O–H groups in total. The zero-order valence-corrected chi connectivity index (χ0v) is 11.5. The molecule has 0 aliphatic heterocycles. The highest BCUT2D eigenvalue weighted by Crippen LogP contribution is 2.18. The molecule has 2 aromatic heterocycles. The summed E-state index contributed by atoms with van der Waals surface area (Å²) < 4.78 is 7.70. The maximum atomic E-state index is 5.80. The lowest BCUT2D eigenvalue weighted by Gasteiger charge is -2.06. The topological polar surface area (TPSA) is 39.9 Å². The third-order valence-electron chi connectivity index (χ3n) is 3.17. The van der Waals surface area contributed by atoms with E-state index in [4.69, 9.17) is 4.74 Å². The van der Waals surface area contributed by atoms with Crippen LogP contribution in [-0.2, 0) is 13.2 Å². The monoisotopic (exact) mass is 267 g/mol. The third-order valence-corrected chi connectivity index (χ3v) is 3.17. The van der Waals surface area contributed by atoms with Gasteiger partial charge in [0.2, 0.25) is 0 Å². The van der Waals surface area contributed by atoms with E-state index in [0.29, 0.717) is 6.61 Å². The molecule has 2 heterocycles. The van der Waals surface area contributed by atoms with Gasteiger partial charge >= 0.3 is 0 Å². The van der Waals surface area contributed by atoms with Crippen molar-refractivity contribution in [3.8, 4) is 5.75 Å². The summed E-state index contributed by atoms with van der Waals surface area (Å²) in [5, 5.41) is 5.39. The fourth-order valence-electron chi connectivity index (χ4n) is 2.22. The molecule has 20 heavy (non-hydrogen) atoms. The van der Waals surface area contributed by atoms with E-state index in [1.54, 1.807) is 6.20 Å². The van der Waals surface area contributed by atoms with Crippen LogP contribution in [0.25, 0.3) is 10.9 Å². The Labute approximate surface area is 118 Å². The molecule has 3 aromatic rings. The highest BCUT2D eigenvalue weighted by molar-refractivity contribution is 5.81. The Hall–Kier alpha value is -2.36. The minimum absolute atomic E-state index is 0.506. The van der Waals surface area contributed by atoms with Gasteiger partial charge in [-0.1, -0.05) is 31.2 Å². The molecule has 0 unspecified atom stereocenters. The predicted molar refractivity (Wildman–Crippen MR) is 78.6 cm³/mol. The van der Waals surface area contributed by atoms with Gasteiger partial charge in [-0.05, 0) is 12.5 Å². The van der Waals surface area contributed by atoms with E-state index in [1.807, 2.05) is 35.3 Å². The van der Waals surface area contributed by atoms with Crippen LogP contribution in [0.5, 0.6) is 5.75 Å². The van der Waals surface area contributed by atoms with E-state index in [9.17, 15) is 0 Å². The standard InChI is InChI=1S/C16H17N3O/c1-2-9-19-11-15(10-18-19)20-12-14-6-3-5-13-7-4-8-17-16(13)14/h3-8,10-11H,2,9,12H2,1H3. The molecule has 0 bridgehead atoms. The number of nitrogens with zero attached hydrogens (tertiary/aromatic N) is 3. The van der Waals surface area contributed by atoms with E-state index in [1.165, 1.54) is 0 Å². The second kappa shape index (κ2) is 5.74. The zero-order chi connectivity index (χ0) is 13.8. The molecule has 102 valence electrons. The molecule has 4 nitrogen and oxygen atoms in total. The summed E-state index contributed by atoms with van der Waals surface area (Å²) >= 11 is 0. The fourth-order valence-corrected chi connectivity index (χ4v) is 2.22. The van der Waals surface area contributed by atoms with Crippen LogP contribution in [0.2, 0.25) is 0 Å². The number of aryl methyl sites for hydroxylation is 1. The maximum Gasteiger partial charge on any atom is 0.157 e. The molecule has 0 spiro atoms. The van der Waals surface area contributed by atoms with E-state index in [-0.39, 0.29) is 0 Å². The van der Waals surface area contributed by atoms with Gasteiger partial charge in [0.25, 0.3) is 0 Å². The van der Waals surface area contributed by atoms with Crippen LogP contribution in [-0.4, -0.2) is 14.8 Å². The SMILES string of the molecule is CCCn1cc(OCc2cccc3cccnc23)cn1. The van der Waals surface area contributed by atoms with Gasteiger partial charge in [0.05, 0.1) is 17.9 Å². The average Bonchev–Trinajstić information content (AvgIpc) is 2.93. The molecule has 0 atom stereocenters. The first-order valence-corrected chi connectivity index (χ1v) is 6.84. The number of pyridine rings is 1. The Morgan fingerprint density at radius 2 is 2.10 bits per heavy atom. The summed E-state index contributed by atoms with van der Waals surface area (Å²) in [6.07, 6.45) is 6.57. The van der Waals surface area contributed by atoms with Crippen molar-refractivity contribution in [3.05, 3.63) is 54.5 Å². The highest BCUT2D eigenvalue weighted by Gasteiger charge is 2.04. The van der Waals surface area contributed by atoms with Crippen LogP contribution in [0.1, 0.15) is 18.9 Å². The molecule has 0 aliphatic carbocycles. The second-order valence-electron chi connectivity index (χ2n) is 4.72. The van der Waals surface area contributed by atoms with E-state index in [2.05, 4.69) is 29.1 Å². The lowest BCUT2D eigenvalue weighted by atomic mass is 10.1. The lowest BCUT2D eigenvalue weighted by Crippen LogP contribution is -1.97. The molecule has 0 fully saturated rings. The Bertz CT molecular complexity index is 700. The summed E-state index contributed by atoms with van der Waals surface area (Å²) in [6, 6.07) is 10.1. The van der Waals surface area contributed by atoms with Crippen LogP contribution >= 0.6 is 0 Å². The quantitative estimate of drug-likeness (QED) is 0.711. The molecule has 0 radical (unpaired) electrons. The minimum Gasteiger partial charge on any atom is -0.486 e. The maximum absolute atomic E-state index is 5.80. The van der Waals surface area contributed by atoms with Crippen molar-refractivity contribution in [2.24, 2.45) is 0 Å². The number of hydrogen-bond acceptors (Lipinski definition) is 3. The number of para-hydroxylation sites is 1. The van der Waals surface area contributed by atoms with Gasteiger partial charge in [-0.15, -0.1) is 0 Å². The van der Waals surface area contributed by atoms with Gasteiger partial charge in [0.1, 0.15) is 6.61 Å². The molecule has 0 saturated heterocycles. The number of rotatable bonds is 5. The zero-order valence-electron chi connectivity index (χ0n) is 11.5. The van der Waals surface area contributed by atoms with Gasteiger partial charge < -0.3 is 4.74 Å². The van der Waals surface area contributed by atoms with E-state index in [0.717, 1.165) is 35.2 Å². The number of benzene rings is 1. The predicted octanol–water partition coefficient (Wildman–Crippen LogP) is 3.42. The molecule has 0 aliphatic rings. The van der Waals surface area contributed by atoms with Crippen molar-refractivity contribution in [2.75, 3.05) is 0 Å². The van der Waals surface area contributed by atoms with E-state index >= 15 is 0 Å². The second-order valence-corrected chi connectivity index (χ2v) is 4.72. The van der Waals surface area contributed by atoms with Crippen molar-refractivity contribution in [3.63, 3.8) is 0 Å². The summed E-state index contributed by atoms with van der Waals surface area (Å²) in [5.74, 6) is 0.798. The van der Waals surface area contributed by atoms with Gasteiger partial charge in [-0.3, -0.25) is 9.67 Å². The summed E-state index contributed by atoms with van der Waals surface area (Å²) in [6.45, 7) is 3.55. The third kappa shape index (κ3) is 2.64. The van der Waals surface area contributed by atoms with Crippen LogP contribution in [0.3, 0.4) is 0 Å². The van der Waals surface area contributed by atoms with Crippen molar-refractivity contribution in [1.29, 1.82) is 0 Å². The van der Waals surface area contributed by atoms with E-state index < -0.39 is 0 Å². The van der Waals surface area contributed by atoms with Crippen LogP contribution in [0.4, 0.5) is 0 Å². The first kappa shape index (κ1) is 12.7. The van der Waals surface area contributed by atoms with Crippen molar-refractivity contribution >= 4 is 10.9 Å². The number of hydrogen-bond donors (Lipinski definition) is 0. The van der Waals surface area contributed by atoms with Crippen LogP contribution < -0.4 is 4.74 Å². The molecule has 4 heteroatoms. The highest BCUT2D eigenvalue weighted by atomic mass is 16.5. The lowest BCUT2D eigenvalue weighted by molar-refractivity contribution is 0.307. The largest absolute Gasteiger partial charge is 0.486 e. The first-order chi connectivity index (χ1) is 9.86. The van der Waals surface area contributed by atoms with Crippen molar-refractivity contribution in [2.45, 2.75) is 26.5 Å². The van der Waals surface area contributed by atoms with Gasteiger partial charge in [0, 0.05) is 23.7 Å². The fraction of sp³-hybridized carbons (Fsp3) is 0.250. The smallest absolute Gasteiger partial charge is 0.157 e. The summed E-state index contributed by atoms with van der Waals surface area (Å²) in [7, 11) is 0. The molecular formula is C16H17N3O. The normalized spacial score (nSPS) is 10.8. The molecule has 1 aromatic carbocycles. The van der Waals surface area contributed by atoms with Crippen molar-refractivity contribution in [1.82, 2.24) is 14.8 Å². The van der Waals surface area contributed by atoms with Gasteiger partial charge in [-0.2, -0.15) is 5.10 Å². The first-order valence-electron chi connectivity index (χ1n) is 6.84. The Morgan fingerprint density at radius 3 is 3.00 bits per heavy atom. The summed E-state index contributed by atoms with van der Waals surface area (Å²) in [5.41, 5.74) is 2.09. The number of aromatic nitrogens is 3. The van der Waals surface area contributed by atoms with Crippen LogP contribution in [0.15, 0.2) is 48.9 Å². The molecular weight excluding hydrogens is 250 g/mol. The molecule has 3 rings (SSSR count). The number of fused-ring (bicyclic) bond motifs is 1.